The summed E-state index contributed by atoms with van der Waals surface area (Å²) in [5, 5.41) is 3.27. The summed E-state index contributed by atoms with van der Waals surface area (Å²) in [5.74, 6) is -0.332. The first-order valence-corrected chi connectivity index (χ1v) is 9.09. The largest absolute Gasteiger partial charge is 0.465 e. The number of hydrogen-bond donors (Lipinski definition) is 1. The van der Waals surface area contributed by atoms with Crippen molar-refractivity contribution < 1.29 is 9.53 Å². The number of H-pyrrole nitrogens is 1. The second kappa shape index (κ2) is 6.57. The quantitative estimate of drug-likeness (QED) is 0.476. The Morgan fingerprint density at radius 1 is 1.19 bits per heavy atom. The molecule has 4 nitrogen and oxygen atoms in total. The van der Waals surface area contributed by atoms with Crippen molar-refractivity contribution in [1.29, 1.82) is 0 Å². The SMILES string of the molecule is COC(=O)c1ccc2[nH]c(C)c(Cc3ncc4ccccc4c3Br)c2c1. The van der Waals surface area contributed by atoms with Crippen LogP contribution in [0.25, 0.3) is 21.7 Å². The number of pyridine rings is 1. The molecule has 0 saturated carbocycles. The number of ether oxygens (including phenoxy) is 1. The average Bonchev–Trinajstić information content (AvgIpc) is 2.98. The third-order valence-corrected chi connectivity index (χ3v) is 5.58. The molecule has 2 heterocycles. The van der Waals surface area contributed by atoms with Crippen molar-refractivity contribution in [3.63, 3.8) is 0 Å². The van der Waals surface area contributed by atoms with Crippen LogP contribution in [0.5, 0.6) is 0 Å². The molecule has 0 radical (unpaired) electrons. The highest BCUT2D eigenvalue weighted by Crippen LogP contribution is 2.31. The fraction of sp³-hybridized carbons (Fsp3) is 0.143. The zero-order valence-corrected chi connectivity index (χ0v) is 16.1. The van der Waals surface area contributed by atoms with Gasteiger partial charge in [-0.25, -0.2) is 4.79 Å². The predicted octanol–water partition coefficient (Wildman–Crippen LogP) is 5.16. The second-order valence-electron chi connectivity index (χ2n) is 6.26. The molecule has 2 aromatic heterocycles. The minimum absolute atomic E-state index is 0.332. The topological polar surface area (TPSA) is 55.0 Å². The average molecular weight is 409 g/mol. The first-order valence-electron chi connectivity index (χ1n) is 8.30. The van der Waals surface area contributed by atoms with Gasteiger partial charge in [0.1, 0.15) is 0 Å². The van der Waals surface area contributed by atoms with Crippen molar-refractivity contribution in [2.75, 3.05) is 7.11 Å². The predicted molar refractivity (Wildman–Crippen MR) is 107 cm³/mol. The van der Waals surface area contributed by atoms with E-state index in [1.165, 1.54) is 7.11 Å². The van der Waals surface area contributed by atoms with Crippen molar-refractivity contribution in [2.24, 2.45) is 0 Å². The molecule has 0 aliphatic heterocycles. The summed E-state index contributed by atoms with van der Waals surface area (Å²) < 4.78 is 5.86. The Morgan fingerprint density at radius 2 is 2.00 bits per heavy atom. The van der Waals surface area contributed by atoms with Crippen LogP contribution < -0.4 is 0 Å². The lowest BCUT2D eigenvalue weighted by molar-refractivity contribution is 0.0601. The van der Waals surface area contributed by atoms with E-state index in [1.807, 2.05) is 37.4 Å². The molecule has 0 atom stereocenters. The number of fused-ring (bicyclic) bond motifs is 2. The van der Waals surface area contributed by atoms with Gasteiger partial charge in [-0.05, 0) is 52.0 Å². The van der Waals surface area contributed by atoms with Gasteiger partial charge in [0.25, 0.3) is 0 Å². The van der Waals surface area contributed by atoms with Crippen molar-refractivity contribution in [3.8, 4) is 0 Å². The highest BCUT2D eigenvalue weighted by molar-refractivity contribution is 9.10. The van der Waals surface area contributed by atoms with Crippen LogP contribution >= 0.6 is 15.9 Å². The number of benzene rings is 2. The molecular weight excluding hydrogens is 392 g/mol. The molecule has 0 spiro atoms. The Morgan fingerprint density at radius 3 is 2.81 bits per heavy atom. The Bertz CT molecular complexity index is 1150. The molecule has 2 aromatic carbocycles. The van der Waals surface area contributed by atoms with Gasteiger partial charge in [0, 0.05) is 39.1 Å². The standard InChI is InChI=1S/C21H17BrN2O2/c1-12-16(17-9-13(21(25)26-2)7-8-18(17)24-12)10-19-20(22)15-6-4-3-5-14(15)11-23-19/h3-9,11,24H,10H2,1-2H3. The minimum atomic E-state index is -0.332. The third-order valence-electron chi connectivity index (χ3n) is 4.69. The highest BCUT2D eigenvalue weighted by atomic mass is 79.9. The second-order valence-corrected chi connectivity index (χ2v) is 7.06. The van der Waals surface area contributed by atoms with Crippen LogP contribution in [0.3, 0.4) is 0 Å². The maximum absolute atomic E-state index is 11.9. The monoisotopic (exact) mass is 408 g/mol. The Hall–Kier alpha value is -2.66. The molecule has 0 aliphatic rings. The van der Waals surface area contributed by atoms with Gasteiger partial charge in [-0.15, -0.1) is 0 Å². The number of carbonyl (C=O) groups excluding carboxylic acids is 1. The molecule has 130 valence electrons. The lowest BCUT2D eigenvalue weighted by Crippen LogP contribution is -2.01. The van der Waals surface area contributed by atoms with Gasteiger partial charge in [-0.3, -0.25) is 4.98 Å². The fourth-order valence-electron chi connectivity index (χ4n) is 3.31. The number of nitrogens with zero attached hydrogens (tertiary/aromatic N) is 1. The fourth-order valence-corrected chi connectivity index (χ4v) is 3.92. The van der Waals surface area contributed by atoms with Gasteiger partial charge in [0.05, 0.1) is 18.4 Å². The van der Waals surface area contributed by atoms with E-state index in [-0.39, 0.29) is 5.97 Å². The van der Waals surface area contributed by atoms with E-state index in [9.17, 15) is 4.79 Å². The van der Waals surface area contributed by atoms with Gasteiger partial charge in [0.2, 0.25) is 0 Å². The number of aromatic amines is 1. The number of aryl methyl sites for hydroxylation is 1. The number of rotatable bonds is 3. The van der Waals surface area contributed by atoms with Gasteiger partial charge in [0.15, 0.2) is 0 Å². The molecule has 0 saturated heterocycles. The van der Waals surface area contributed by atoms with Gasteiger partial charge >= 0.3 is 5.97 Å². The van der Waals surface area contributed by atoms with Gasteiger partial charge in [-0.1, -0.05) is 24.3 Å². The normalized spacial score (nSPS) is 11.2. The lowest BCUT2D eigenvalue weighted by Gasteiger charge is -2.08. The number of nitrogens with one attached hydrogen (secondary N) is 1. The van der Waals surface area contributed by atoms with Crippen LogP contribution in [0.4, 0.5) is 0 Å². The molecule has 4 aromatic rings. The van der Waals surface area contributed by atoms with Gasteiger partial charge in [-0.2, -0.15) is 0 Å². The van der Waals surface area contributed by atoms with E-state index in [2.05, 4.69) is 38.0 Å². The number of halogens is 1. The molecule has 0 fully saturated rings. The molecule has 0 unspecified atom stereocenters. The van der Waals surface area contributed by atoms with Gasteiger partial charge < -0.3 is 9.72 Å². The molecular formula is C21H17BrN2O2. The van der Waals surface area contributed by atoms with E-state index in [0.29, 0.717) is 12.0 Å². The van der Waals surface area contributed by atoms with Crippen LogP contribution in [-0.4, -0.2) is 23.0 Å². The maximum atomic E-state index is 11.9. The summed E-state index contributed by atoms with van der Waals surface area (Å²) in [4.78, 5) is 19.9. The van der Waals surface area contributed by atoms with Crippen LogP contribution in [0.1, 0.15) is 27.3 Å². The maximum Gasteiger partial charge on any atom is 0.337 e. The van der Waals surface area contributed by atoms with Crippen LogP contribution in [0.15, 0.2) is 53.1 Å². The number of hydrogen-bond acceptors (Lipinski definition) is 3. The summed E-state index contributed by atoms with van der Waals surface area (Å²) in [5.41, 5.74) is 4.72. The highest BCUT2D eigenvalue weighted by Gasteiger charge is 2.15. The first-order chi connectivity index (χ1) is 12.6. The number of methoxy groups -OCH3 is 1. The van der Waals surface area contributed by atoms with Crippen LogP contribution in [-0.2, 0) is 11.2 Å². The smallest absolute Gasteiger partial charge is 0.337 e. The number of esters is 1. The van der Waals surface area contributed by atoms with E-state index in [0.717, 1.165) is 43.1 Å². The molecule has 4 rings (SSSR count). The molecule has 26 heavy (non-hydrogen) atoms. The van der Waals surface area contributed by atoms with Crippen molar-refractivity contribution in [2.45, 2.75) is 13.3 Å². The summed E-state index contributed by atoms with van der Waals surface area (Å²) in [7, 11) is 1.39. The van der Waals surface area contributed by atoms with Crippen LogP contribution in [0.2, 0.25) is 0 Å². The summed E-state index contributed by atoms with van der Waals surface area (Å²) in [6.07, 6.45) is 2.57. The first kappa shape index (κ1) is 16.8. The van der Waals surface area contributed by atoms with E-state index >= 15 is 0 Å². The Labute approximate surface area is 159 Å². The summed E-state index contributed by atoms with van der Waals surface area (Å²) in [6, 6.07) is 13.7. The summed E-state index contributed by atoms with van der Waals surface area (Å²) >= 11 is 3.72. The Kier molecular flexibility index (Phi) is 4.24. The van der Waals surface area contributed by atoms with Crippen molar-refractivity contribution in [1.82, 2.24) is 9.97 Å². The molecule has 5 heteroatoms. The molecule has 0 bridgehead atoms. The number of aromatic nitrogens is 2. The third kappa shape index (κ3) is 2.78. The zero-order chi connectivity index (χ0) is 18.3. The van der Waals surface area contributed by atoms with Crippen molar-refractivity contribution >= 4 is 43.6 Å². The molecule has 0 amide bonds. The number of carbonyl (C=O) groups is 1. The lowest BCUT2D eigenvalue weighted by atomic mass is 10.0. The molecule has 1 N–H and O–H groups in total. The Balaban J connectivity index is 1.83. The van der Waals surface area contributed by atoms with E-state index < -0.39 is 0 Å². The van der Waals surface area contributed by atoms with Crippen LogP contribution in [0, 0.1) is 6.92 Å². The summed E-state index contributed by atoms with van der Waals surface area (Å²) in [6.45, 7) is 2.04. The zero-order valence-electron chi connectivity index (χ0n) is 14.5. The molecule has 0 aliphatic carbocycles. The van der Waals surface area contributed by atoms with Crippen molar-refractivity contribution in [3.05, 3.63) is 75.6 Å². The minimum Gasteiger partial charge on any atom is -0.465 e. The van der Waals surface area contributed by atoms with E-state index in [1.54, 1.807) is 6.07 Å². The van der Waals surface area contributed by atoms with E-state index in [4.69, 9.17) is 4.74 Å².